The minimum Gasteiger partial charge on any atom is -0.459 e. The molecule has 0 amide bonds. The van der Waals surface area contributed by atoms with Crippen molar-refractivity contribution < 1.29 is 9.53 Å². The van der Waals surface area contributed by atoms with Gasteiger partial charge in [-0.05, 0) is 50.3 Å². The van der Waals surface area contributed by atoms with E-state index in [-0.39, 0.29) is 12.1 Å². The fourth-order valence-corrected chi connectivity index (χ4v) is 2.86. The lowest BCUT2D eigenvalue weighted by Crippen LogP contribution is -2.19. The molecule has 1 aliphatic heterocycles. The molecule has 0 radical (unpaired) electrons. The lowest BCUT2D eigenvalue weighted by atomic mass is 9.97. The summed E-state index contributed by atoms with van der Waals surface area (Å²) in [6.45, 7) is 5.19. The lowest BCUT2D eigenvalue weighted by Gasteiger charge is -2.21. The molecule has 0 saturated carbocycles. The highest BCUT2D eigenvalue weighted by Crippen LogP contribution is 2.26. The van der Waals surface area contributed by atoms with Gasteiger partial charge in [-0.1, -0.05) is 32.3 Å². The van der Waals surface area contributed by atoms with Gasteiger partial charge in [-0.25, -0.2) is 4.79 Å². The molecule has 0 fully saturated rings. The van der Waals surface area contributed by atoms with E-state index in [1.54, 1.807) is 0 Å². The maximum atomic E-state index is 12.4. The summed E-state index contributed by atoms with van der Waals surface area (Å²) in [5.74, 6) is -0.168. The summed E-state index contributed by atoms with van der Waals surface area (Å²) in [6.07, 6.45) is 7.85. The smallest absolute Gasteiger partial charge is 0.338 e. The maximum Gasteiger partial charge on any atom is 0.338 e. The van der Waals surface area contributed by atoms with Crippen LogP contribution in [0.15, 0.2) is 18.2 Å². The van der Waals surface area contributed by atoms with Gasteiger partial charge in [0, 0.05) is 12.2 Å². The summed E-state index contributed by atoms with van der Waals surface area (Å²) < 4.78 is 5.62. The summed E-state index contributed by atoms with van der Waals surface area (Å²) in [5.41, 5.74) is 2.94. The summed E-state index contributed by atoms with van der Waals surface area (Å²) in [6, 6.07) is 5.86. The first-order valence-corrected chi connectivity index (χ1v) is 8.29. The van der Waals surface area contributed by atoms with Gasteiger partial charge in [-0.15, -0.1) is 0 Å². The van der Waals surface area contributed by atoms with Crippen molar-refractivity contribution in [3.63, 3.8) is 0 Å². The van der Waals surface area contributed by atoms with Crippen LogP contribution in [0.3, 0.4) is 0 Å². The Balaban J connectivity index is 1.91. The van der Waals surface area contributed by atoms with Crippen LogP contribution in [0.1, 0.15) is 68.3 Å². The van der Waals surface area contributed by atoms with E-state index in [1.807, 2.05) is 25.1 Å². The van der Waals surface area contributed by atoms with E-state index >= 15 is 0 Å². The molecule has 1 aliphatic rings. The van der Waals surface area contributed by atoms with Gasteiger partial charge in [-0.2, -0.15) is 0 Å². The number of carbonyl (C=O) groups is 1. The van der Waals surface area contributed by atoms with Crippen LogP contribution in [-0.2, 0) is 11.2 Å². The average Bonchev–Trinajstić information content (AvgIpc) is 2.51. The third-order valence-electron chi connectivity index (χ3n) is 4.09. The second-order valence-electron chi connectivity index (χ2n) is 5.93. The molecule has 3 nitrogen and oxygen atoms in total. The number of nitrogens with one attached hydrogen (secondary N) is 1. The Hall–Kier alpha value is -1.51. The zero-order valence-corrected chi connectivity index (χ0v) is 13.3. The van der Waals surface area contributed by atoms with Gasteiger partial charge in [0.2, 0.25) is 0 Å². The fourth-order valence-electron chi connectivity index (χ4n) is 2.86. The monoisotopic (exact) mass is 289 g/mol. The normalized spacial score (nSPS) is 15.0. The highest BCUT2D eigenvalue weighted by atomic mass is 16.5. The first-order valence-electron chi connectivity index (χ1n) is 8.29. The van der Waals surface area contributed by atoms with Gasteiger partial charge in [0.05, 0.1) is 11.7 Å². The van der Waals surface area contributed by atoms with Gasteiger partial charge in [0.15, 0.2) is 0 Å². The molecule has 1 heterocycles. The summed E-state index contributed by atoms with van der Waals surface area (Å²) >= 11 is 0. The summed E-state index contributed by atoms with van der Waals surface area (Å²) in [7, 11) is 0. The van der Waals surface area contributed by atoms with Gasteiger partial charge in [0.1, 0.15) is 0 Å². The predicted octanol–water partition coefficient (Wildman–Crippen LogP) is 4.56. The second kappa shape index (κ2) is 8.06. The minimum absolute atomic E-state index is 0.00163. The van der Waals surface area contributed by atoms with Crippen molar-refractivity contribution in [2.45, 2.75) is 64.9 Å². The predicted molar refractivity (Wildman–Crippen MR) is 86.9 cm³/mol. The molecule has 2 rings (SSSR count). The van der Waals surface area contributed by atoms with Crippen molar-refractivity contribution in [2.75, 3.05) is 11.9 Å². The number of rotatable bonds is 7. The van der Waals surface area contributed by atoms with Crippen molar-refractivity contribution in [3.8, 4) is 0 Å². The maximum absolute atomic E-state index is 12.4. The first kappa shape index (κ1) is 15.9. The van der Waals surface area contributed by atoms with Crippen molar-refractivity contribution in [1.29, 1.82) is 0 Å². The van der Waals surface area contributed by atoms with E-state index in [9.17, 15) is 4.79 Å². The van der Waals surface area contributed by atoms with Crippen LogP contribution in [-0.4, -0.2) is 18.6 Å². The van der Waals surface area contributed by atoms with E-state index in [0.717, 1.165) is 49.0 Å². The molecule has 3 heteroatoms. The van der Waals surface area contributed by atoms with E-state index in [4.69, 9.17) is 4.74 Å². The van der Waals surface area contributed by atoms with E-state index < -0.39 is 0 Å². The molecule has 0 aromatic heterocycles. The highest BCUT2D eigenvalue weighted by Gasteiger charge is 2.19. The molecule has 0 saturated heterocycles. The van der Waals surface area contributed by atoms with E-state index in [0.29, 0.717) is 0 Å². The van der Waals surface area contributed by atoms with Crippen LogP contribution in [0.5, 0.6) is 0 Å². The standard InChI is InChI=1S/C18H27NO2/c1-3-4-5-6-9-14(2)21-18(20)16-10-7-12-17-15(16)11-8-13-19-17/h7,10,12,14,19H,3-6,8-9,11,13H2,1-2H3. The molecule has 1 aromatic rings. The number of fused-ring (bicyclic) bond motifs is 1. The van der Waals surface area contributed by atoms with Crippen LogP contribution in [0.4, 0.5) is 5.69 Å². The van der Waals surface area contributed by atoms with Crippen molar-refractivity contribution in [3.05, 3.63) is 29.3 Å². The fraction of sp³-hybridized carbons (Fsp3) is 0.611. The molecule has 1 atom stereocenters. The number of carbonyl (C=O) groups excluding carboxylic acids is 1. The summed E-state index contributed by atoms with van der Waals surface area (Å²) in [5, 5.41) is 3.35. The quantitative estimate of drug-likeness (QED) is 0.590. The molecule has 116 valence electrons. The SMILES string of the molecule is CCCCCCC(C)OC(=O)c1cccc2c1CCCN2. The Morgan fingerprint density at radius 2 is 2.19 bits per heavy atom. The molecular formula is C18H27NO2. The zero-order valence-electron chi connectivity index (χ0n) is 13.3. The number of esters is 1. The van der Waals surface area contributed by atoms with E-state index in [2.05, 4.69) is 12.2 Å². The number of unbranched alkanes of at least 4 members (excludes halogenated alkanes) is 3. The van der Waals surface area contributed by atoms with E-state index in [1.165, 1.54) is 19.3 Å². The number of hydrogen-bond donors (Lipinski definition) is 1. The summed E-state index contributed by atoms with van der Waals surface area (Å²) in [4.78, 5) is 12.4. The van der Waals surface area contributed by atoms with Gasteiger partial charge < -0.3 is 10.1 Å². The van der Waals surface area contributed by atoms with Crippen molar-refractivity contribution >= 4 is 11.7 Å². The van der Waals surface area contributed by atoms with Crippen LogP contribution in [0, 0.1) is 0 Å². The van der Waals surface area contributed by atoms with Crippen LogP contribution in [0.2, 0.25) is 0 Å². The number of ether oxygens (including phenoxy) is 1. The molecule has 21 heavy (non-hydrogen) atoms. The highest BCUT2D eigenvalue weighted by molar-refractivity contribution is 5.93. The van der Waals surface area contributed by atoms with Gasteiger partial charge >= 0.3 is 5.97 Å². The third-order valence-corrected chi connectivity index (χ3v) is 4.09. The molecule has 0 bridgehead atoms. The lowest BCUT2D eigenvalue weighted by molar-refractivity contribution is 0.0318. The largest absolute Gasteiger partial charge is 0.459 e. The minimum atomic E-state index is -0.168. The van der Waals surface area contributed by atoms with Crippen molar-refractivity contribution in [2.24, 2.45) is 0 Å². The van der Waals surface area contributed by atoms with Crippen LogP contribution >= 0.6 is 0 Å². The third kappa shape index (κ3) is 4.48. The molecular weight excluding hydrogens is 262 g/mol. The Labute approximate surface area is 128 Å². The van der Waals surface area contributed by atoms with Gasteiger partial charge in [-0.3, -0.25) is 0 Å². The van der Waals surface area contributed by atoms with Gasteiger partial charge in [0.25, 0.3) is 0 Å². The van der Waals surface area contributed by atoms with Crippen LogP contribution in [0.25, 0.3) is 0 Å². The number of benzene rings is 1. The molecule has 0 aliphatic carbocycles. The average molecular weight is 289 g/mol. The Morgan fingerprint density at radius 1 is 1.33 bits per heavy atom. The van der Waals surface area contributed by atoms with Crippen molar-refractivity contribution in [1.82, 2.24) is 0 Å². The number of hydrogen-bond acceptors (Lipinski definition) is 3. The number of anilines is 1. The molecule has 1 unspecified atom stereocenters. The molecule has 1 N–H and O–H groups in total. The first-order chi connectivity index (χ1) is 10.2. The Kier molecular flexibility index (Phi) is 6.09. The molecule has 0 spiro atoms. The second-order valence-corrected chi connectivity index (χ2v) is 5.93. The molecule has 1 aromatic carbocycles. The Bertz CT molecular complexity index is 470. The Morgan fingerprint density at radius 3 is 3.00 bits per heavy atom. The zero-order chi connectivity index (χ0) is 15.1. The van der Waals surface area contributed by atoms with Crippen LogP contribution < -0.4 is 5.32 Å². The topological polar surface area (TPSA) is 38.3 Å².